The quantitative estimate of drug-likeness (QED) is 0.697. The van der Waals surface area contributed by atoms with Gasteiger partial charge in [-0.05, 0) is 31.4 Å². The Morgan fingerprint density at radius 2 is 2.04 bits per heavy atom. The van der Waals surface area contributed by atoms with Crippen LogP contribution < -0.4 is 4.74 Å². The Balaban J connectivity index is 1.55. The molecule has 1 aromatic carbocycles. The van der Waals surface area contributed by atoms with Crippen LogP contribution in [-0.2, 0) is 7.05 Å². The molecule has 3 heterocycles. The number of rotatable bonds is 4. The number of amides is 1. The second kappa shape index (κ2) is 7.80. The second-order valence-corrected chi connectivity index (χ2v) is 7.11. The minimum absolute atomic E-state index is 0.00284. The molecule has 2 aromatic heterocycles. The maximum absolute atomic E-state index is 12.8. The van der Waals surface area contributed by atoms with E-state index in [9.17, 15) is 4.79 Å². The molecule has 1 fully saturated rings. The van der Waals surface area contributed by atoms with Crippen molar-refractivity contribution in [3.8, 4) is 11.6 Å². The predicted octanol–water partition coefficient (Wildman–Crippen LogP) is 3.33. The summed E-state index contributed by atoms with van der Waals surface area (Å²) in [5, 5.41) is 4.11. The van der Waals surface area contributed by atoms with Crippen LogP contribution in [0, 0.1) is 6.92 Å². The van der Waals surface area contributed by atoms with Gasteiger partial charge in [-0.2, -0.15) is 5.10 Å². The highest BCUT2D eigenvalue weighted by atomic mass is 16.5. The van der Waals surface area contributed by atoms with Crippen LogP contribution in [0.4, 0.5) is 0 Å². The molecule has 0 unspecified atom stereocenters. The van der Waals surface area contributed by atoms with Gasteiger partial charge in [0.25, 0.3) is 5.91 Å². The number of hydrogen-bond donors (Lipinski definition) is 0. The van der Waals surface area contributed by atoms with Crippen molar-refractivity contribution >= 4 is 5.91 Å². The number of benzene rings is 1. The molecule has 0 bridgehead atoms. The van der Waals surface area contributed by atoms with Crippen LogP contribution in [0.1, 0.15) is 40.4 Å². The average molecular weight is 377 g/mol. The smallest absolute Gasteiger partial charge is 0.257 e. The van der Waals surface area contributed by atoms with Gasteiger partial charge in [0, 0.05) is 44.6 Å². The van der Waals surface area contributed by atoms with Gasteiger partial charge in [-0.1, -0.05) is 18.2 Å². The van der Waals surface area contributed by atoms with Crippen molar-refractivity contribution in [2.24, 2.45) is 7.05 Å². The summed E-state index contributed by atoms with van der Waals surface area (Å²) < 4.78 is 7.73. The van der Waals surface area contributed by atoms with Crippen LogP contribution in [0.25, 0.3) is 0 Å². The molecule has 1 saturated heterocycles. The topological polar surface area (TPSA) is 73.1 Å². The molecule has 4 rings (SSSR count). The fraction of sp³-hybridized carbons (Fsp3) is 0.333. The second-order valence-electron chi connectivity index (χ2n) is 7.11. The Hall–Kier alpha value is -3.22. The van der Waals surface area contributed by atoms with Crippen molar-refractivity contribution in [1.82, 2.24) is 24.6 Å². The fourth-order valence-electron chi connectivity index (χ4n) is 3.57. The number of ether oxygens (including phenoxy) is 1. The molecule has 3 aromatic rings. The maximum atomic E-state index is 12.8. The molecular weight excluding hydrogens is 354 g/mol. The van der Waals surface area contributed by atoms with Crippen molar-refractivity contribution in [2.75, 3.05) is 13.1 Å². The molecule has 28 heavy (non-hydrogen) atoms. The molecule has 0 saturated carbocycles. The molecular formula is C21H23N5O2. The lowest BCUT2D eigenvalue weighted by molar-refractivity contribution is 0.0704. The zero-order valence-corrected chi connectivity index (χ0v) is 16.1. The van der Waals surface area contributed by atoms with E-state index in [4.69, 9.17) is 4.74 Å². The summed E-state index contributed by atoms with van der Waals surface area (Å²) in [6, 6.07) is 7.84. The molecule has 0 N–H and O–H groups in total. The number of aromatic nitrogens is 4. The van der Waals surface area contributed by atoms with Gasteiger partial charge in [0.1, 0.15) is 11.4 Å². The van der Waals surface area contributed by atoms with Gasteiger partial charge >= 0.3 is 0 Å². The number of para-hydroxylation sites is 1. The van der Waals surface area contributed by atoms with Gasteiger partial charge in [0.05, 0.1) is 11.8 Å². The number of nitrogens with zero attached hydrogens (tertiary/aromatic N) is 5. The largest absolute Gasteiger partial charge is 0.437 e. The third-order valence-electron chi connectivity index (χ3n) is 5.04. The van der Waals surface area contributed by atoms with Crippen LogP contribution in [0.5, 0.6) is 11.6 Å². The zero-order valence-electron chi connectivity index (χ0n) is 16.1. The van der Waals surface area contributed by atoms with Crippen molar-refractivity contribution in [3.63, 3.8) is 0 Å². The molecule has 7 nitrogen and oxygen atoms in total. The molecule has 0 radical (unpaired) electrons. The number of piperidine rings is 1. The van der Waals surface area contributed by atoms with E-state index in [1.165, 1.54) is 0 Å². The number of likely N-dealkylation sites (tertiary alicyclic amines) is 1. The average Bonchev–Trinajstić information content (AvgIpc) is 3.16. The van der Waals surface area contributed by atoms with Crippen molar-refractivity contribution < 1.29 is 9.53 Å². The minimum Gasteiger partial charge on any atom is -0.437 e. The van der Waals surface area contributed by atoms with Gasteiger partial charge in [-0.25, -0.2) is 4.98 Å². The highest BCUT2D eigenvalue weighted by Gasteiger charge is 2.29. The van der Waals surface area contributed by atoms with E-state index in [1.807, 2.05) is 43.1 Å². The van der Waals surface area contributed by atoms with Gasteiger partial charge in [-0.15, -0.1) is 0 Å². The standard InChI is InChI=1S/C21H23N5O2/c1-15-6-3-4-8-18(15)28-20-19(22-9-10-23-20)16-7-5-11-26(14-16)21(27)17-12-24-25(2)13-17/h3-4,6,8-10,12-13,16H,5,7,11,14H2,1-2H3/t16-/m0/s1. The first-order chi connectivity index (χ1) is 13.6. The van der Waals surface area contributed by atoms with E-state index in [-0.39, 0.29) is 11.8 Å². The van der Waals surface area contributed by atoms with Crippen LogP contribution in [0.2, 0.25) is 0 Å². The SMILES string of the molecule is Cc1ccccc1Oc1nccnc1[C@H]1CCCN(C(=O)c2cnn(C)c2)C1. The van der Waals surface area contributed by atoms with Crippen LogP contribution in [0.15, 0.2) is 49.1 Å². The summed E-state index contributed by atoms with van der Waals surface area (Å²) in [6.45, 7) is 3.33. The van der Waals surface area contributed by atoms with Crippen molar-refractivity contribution in [2.45, 2.75) is 25.7 Å². The molecule has 144 valence electrons. The summed E-state index contributed by atoms with van der Waals surface area (Å²) >= 11 is 0. The number of carbonyl (C=O) groups excluding carboxylic acids is 1. The molecule has 1 aliphatic heterocycles. The molecule has 1 amide bonds. The summed E-state index contributed by atoms with van der Waals surface area (Å²) in [6.07, 6.45) is 8.54. The first-order valence-electron chi connectivity index (χ1n) is 9.44. The first kappa shape index (κ1) is 18.2. The molecule has 0 spiro atoms. The fourth-order valence-corrected chi connectivity index (χ4v) is 3.57. The number of aryl methyl sites for hydroxylation is 2. The van der Waals surface area contributed by atoms with Crippen LogP contribution >= 0.6 is 0 Å². The van der Waals surface area contributed by atoms with E-state index in [1.54, 1.807) is 29.5 Å². The Bertz CT molecular complexity index is 984. The Kier molecular flexibility index (Phi) is 5.06. The molecule has 1 aliphatic rings. The van der Waals surface area contributed by atoms with Crippen molar-refractivity contribution in [1.29, 1.82) is 0 Å². The normalized spacial score (nSPS) is 16.8. The molecule has 7 heteroatoms. The Morgan fingerprint density at radius 3 is 2.82 bits per heavy atom. The Labute approximate surface area is 164 Å². The maximum Gasteiger partial charge on any atom is 0.257 e. The third-order valence-corrected chi connectivity index (χ3v) is 5.04. The predicted molar refractivity (Wildman–Crippen MR) is 104 cm³/mol. The minimum atomic E-state index is 0.00284. The zero-order chi connectivity index (χ0) is 19.5. The Morgan fingerprint density at radius 1 is 1.21 bits per heavy atom. The summed E-state index contributed by atoms with van der Waals surface area (Å²) in [7, 11) is 1.81. The monoisotopic (exact) mass is 377 g/mol. The van der Waals surface area contributed by atoms with E-state index < -0.39 is 0 Å². The highest BCUT2D eigenvalue weighted by Crippen LogP contribution is 2.33. The third kappa shape index (κ3) is 3.74. The summed E-state index contributed by atoms with van der Waals surface area (Å²) in [5.41, 5.74) is 2.45. The number of carbonyl (C=O) groups is 1. The van der Waals surface area contributed by atoms with E-state index in [0.29, 0.717) is 18.0 Å². The first-order valence-corrected chi connectivity index (χ1v) is 9.44. The lowest BCUT2D eigenvalue weighted by Crippen LogP contribution is -2.39. The molecule has 0 aliphatic carbocycles. The van der Waals surface area contributed by atoms with Crippen LogP contribution in [-0.4, -0.2) is 43.6 Å². The van der Waals surface area contributed by atoms with E-state index in [0.717, 1.165) is 36.4 Å². The summed E-state index contributed by atoms with van der Waals surface area (Å²) in [4.78, 5) is 23.7. The van der Waals surface area contributed by atoms with Crippen molar-refractivity contribution in [3.05, 3.63) is 65.9 Å². The lowest BCUT2D eigenvalue weighted by atomic mass is 9.94. The van der Waals surface area contributed by atoms with Gasteiger partial charge in [-0.3, -0.25) is 14.5 Å². The lowest BCUT2D eigenvalue weighted by Gasteiger charge is -2.32. The van der Waals surface area contributed by atoms with Gasteiger partial charge in [0.15, 0.2) is 0 Å². The van der Waals surface area contributed by atoms with E-state index >= 15 is 0 Å². The highest BCUT2D eigenvalue weighted by molar-refractivity contribution is 5.93. The molecule has 1 atom stereocenters. The summed E-state index contributed by atoms with van der Waals surface area (Å²) in [5.74, 6) is 1.37. The van der Waals surface area contributed by atoms with E-state index in [2.05, 4.69) is 15.1 Å². The van der Waals surface area contributed by atoms with Gasteiger partial charge < -0.3 is 9.64 Å². The van der Waals surface area contributed by atoms with Gasteiger partial charge in [0.2, 0.25) is 5.88 Å². The number of hydrogen-bond acceptors (Lipinski definition) is 5. The van der Waals surface area contributed by atoms with Crippen LogP contribution in [0.3, 0.4) is 0 Å².